The Labute approximate surface area is 99.4 Å². The van der Waals surface area contributed by atoms with Crippen molar-refractivity contribution in [2.75, 3.05) is 30.0 Å². The molecule has 4 N–H and O–H groups in total. The molecule has 1 aliphatic heterocycles. The van der Waals surface area contributed by atoms with E-state index < -0.39 is 0 Å². The molecule has 1 amide bonds. The quantitative estimate of drug-likeness (QED) is 0.472. The van der Waals surface area contributed by atoms with Gasteiger partial charge in [-0.1, -0.05) is 6.92 Å². The predicted molar refractivity (Wildman–Crippen MR) is 64.4 cm³/mol. The van der Waals surface area contributed by atoms with Crippen LogP contribution < -0.4 is 21.5 Å². The van der Waals surface area contributed by atoms with Crippen LogP contribution in [0.3, 0.4) is 0 Å². The fraction of sp³-hybridized carbons (Fsp3) is 0.500. The van der Waals surface area contributed by atoms with E-state index >= 15 is 0 Å². The molecule has 7 heteroatoms. The lowest BCUT2D eigenvalue weighted by Crippen LogP contribution is -2.48. The monoisotopic (exact) mass is 236 g/mol. The van der Waals surface area contributed by atoms with Gasteiger partial charge in [0, 0.05) is 25.6 Å². The molecule has 0 spiro atoms. The SMILES string of the molecule is CCc1nc(NN)cc(N2CCNC(=O)C2)n1. The Bertz CT molecular complexity index is 399. The maximum absolute atomic E-state index is 11.3. The zero-order valence-corrected chi connectivity index (χ0v) is 9.73. The first-order valence-corrected chi connectivity index (χ1v) is 5.59. The van der Waals surface area contributed by atoms with E-state index in [-0.39, 0.29) is 5.91 Å². The molecule has 17 heavy (non-hydrogen) atoms. The summed E-state index contributed by atoms with van der Waals surface area (Å²) < 4.78 is 0. The van der Waals surface area contributed by atoms with Crippen LogP contribution in [0.2, 0.25) is 0 Å². The molecular weight excluding hydrogens is 220 g/mol. The number of amides is 1. The molecule has 0 unspecified atom stereocenters. The highest BCUT2D eigenvalue weighted by atomic mass is 16.2. The highest BCUT2D eigenvalue weighted by molar-refractivity contribution is 5.82. The largest absolute Gasteiger partial charge is 0.353 e. The summed E-state index contributed by atoms with van der Waals surface area (Å²) in [4.78, 5) is 21.8. The molecule has 2 rings (SSSR count). The minimum Gasteiger partial charge on any atom is -0.353 e. The van der Waals surface area contributed by atoms with E-state index in [2.05, 4.69) is 20.7 Å². The van der Waals surface area contributed by atoms with Crippen LogP contribution in [0.25, 0.3) is 0 Å². The second kappa shape index (κ2) is 4.96. The third kappa shape index (κ3) is 2.62. The van der Waals surface area contributed by atoms with Crippen molar-refractivity contribution >= 4 is 17.5 Å². The summed E-state index contributed by atoms with van der Waals surface area (Å²) in [7, 11) is 0. The topological polar surface area (TPSA) is 96.2 Å². The highest BCUT2D eigenvalue weighted by Gasteiger charge is 2.18. The summed E-state index contributed by atoms with van der Waals surface area (Å²) in [5.41, 5.74) is 2.51. The summed E-state index contributed by atoms with van der Waals surface area (Å²) in [6.07, 6.45) is 0.725. The molecule has 0 saturated carbocycles. The van der Waals surface area contributed by atoms with Crippen molar-refractivity contribution in [1.82, 2.24) is 15.3 Å². The molecule has 1 aliphatic rings. The molecule has 0 radical (unpaired) electrons. The number of anilines is 2. The number of nitrogens with two attached hydrogens (primary N) is 1. The Morgan fingerprint density at radius 2 is 2.41 bits per heavy atom. The molecule has 0 bridgehead atoms. The second-order valence-corrected chi connectivity index (χ2v) is 3.80. The molecule has 7 nitrogen and oxygen atoms in total. The average Bonchev–Trinajstić information content (AvgIpc) is 2.38. The number of aryl methyl sites for hydroxylation is 1. The van der Waals surface area contributed by atoms with Crippen molar-refractivity contribution < 1.29 is 4.79 Å². The molecule has 1 fully saturated rings. The van der Waals surface area contributed by atoms with Gasteiger partial charge in [-0.25, -0.2) is 15.8 Å². The molecule has 0 aliphatic carbocycles. The number of nitrogen functional groups attached to an aromatic ring is 1. The van der Waals surface area contributed by atoms with E-state index in [1.54, 1.807) is 6.07 Å². The van der Waals surface area contributed by atoms with Gasteiger partial charge >= 0.3 is 0 Å². The van der Waals surface area contributed by atoms with E-state index in [1.807, 2.05) is 11.8 Å². The fourth-order valence-corrected chi connectivity index (χ4v) is 1.71. The van der Waals surface area contributed by atoms with E-state index in [0.717, 1.165) is 18.8 Å². The number of piperazine rings is 1. The maximum Gasteiger partial charge on any atom is 0.239 e. The first kappa shape index (κ1) is 11.6. The number of hydrogen-bond donors (Lipinski definition) is 3. The van der Waals surface area contributed by atoms with Crippen LogP contribution >= 0.6 is 0 Å². The van der Waals surface area contributed by atoms with E-state index in [0.29, 0.717) is 24.7 Å². The number of rotatable bonds is 3. The molecule has 1 saturated heterocycles. The smallest absolute Gasteiger partial charge is 0.239 e. The lowest BCUT2D eigenvalue weighted by molar-refractivity contribution is -0.120. The van der Waals surface area contributed by atoms with Crippen molar-refractivity contribution in [3.05, 3.63) is 11.9 Å². The van der Waals surface area contributed by atoms with Gasteiger partial charge in [-0.05, 0) is 0 Å². The van der Waals surface area contributed by atoms with Crippen LogP contribution in [0.5, 0.6) is 0 Å². The number of aromatic nitrogens is 2. The fourth-order valence-electron chi connectivity index (χ4n) is 1.71. The summed E-state index contributed by atoms with van der Waals surface area (Å²) in [5, 5.41) is 2.77. The maximum atomic E-state index is 11.3. The number of carbonyl (C=O) groups is 1. The van der Waals surface area contributed by atoms with Crippen LogP contribution in [0, 0.1) is 0 Å². The Kier molecular flexibility index (Phi) is 3.38. The summed E-state index contributed by atoms with van der Waals surface area (Å²) in [6.45, 7) is 3.68. The average molecular weight is 236 g/mol. The lowest BCUT2D eigenvalue weighted by Gasteiger charge is -2.27. The van der Waals surface area contributed by atoms with Crippen molar-refractivity contribution in [2.45, 2.75) is 13.3 Å². The van der Waals surface area contributed by atoms with Gasteiger partial charge in [0.25, 0.3) is 0 Å². The Morgan fingerprint density at radius 1 is 1.59 bits per heavy atom. The van der Waals surface area contributed by atoms with Gasteiger partial charge in [-0.15, -0.1) is 0 Å². The van der Waals surface area contributed by atoms with E-state index in [9.17, 15) is 4.79 Å². The molecular formula is C10H16N6O. The van der Waals surface area contributed by atoms with Gasteiger partial charge in [0.2, 0.25) is 5.91 Å². The highest BCUT2D eigenvalue weighted by Crippen LogP contribution is 2.16. The van der Waals surface area contributed by atoms with Crippen molar-refractivity contribution in [1.29, 1.82) is 0 Å². The minimum atomic E-state index is 0.00942. The van der Waals surface area contributed by atoms with Gasteiger partial charge in [-0.2, -0.15) is 0 Å². The third-order valence-corrected chi connectivity index (χ3v) is 2.59. The Hall–Kier alpha value is -1.89. The normalized spacial score (nSPS) is 15.6. The van der Waals surface area contributed by atoms with Gasteiger partial charge in [0.1, 0.15) is 17.5 Å². The Morgan fingerprint density at radius 3 is 3.06 bits per heavy atom. The van der Waals surface area contributed by atoms with Gasteiger partial charge in [-0.3, -0.25) is 4.79 Å². The van der Waals surface area contributed by atoms with Crippen molar-refractivity contribution in [2.24, 2.45) is 5.84 Å². The predicted octanol–water partition coefficient (Wildman–Crippen LogP) is -0.739. The van der Waals surface area contributed by atoms with Gasteiger partial charge in [0.05, 0.1) is 6.54 Å². The second-order valence-electron chi connectivity index (χ2n) is 3.80. The van der Waals surface area contributed by atoms with E-state index in [4.69, 9.17) is 5.84 Å². The molecule has 0 atom stereocenters. The van der Waals surface area contributed by atoms with Crippen molar-refractivity contribution in [3.63, 3.8) is 0 Å². The zero-order valence-electron chi connectivity index (χ0n) is 9.73. The van der Waals surface area contributed by atoms with Crippen LogP contribution in [0.1, 0.15) is 12.7 Å². The van der Waals surface area contributed by atoms with Crippen LogP contribution in [-0.4, -0.2) is 35.5 Å². The summed E-state index contributed by atoms with van der Waals surface area (Å²) in [5.74, 6) is 7.38. The molecule has 92 valence electrons. The van der Waals surface area contributed by atoms with Crippen LogP contribution in [0.15, 0.2) is 6.07 Å². The third-order valence-electron chi connectivity index (χ3n) is 2.59. The number of nitrogens with zero attached hydrogens (tertiary/aromatic N) is 3. The number of hydrogen-bond acceptors (Lipinski definition) is 6. The number of carbonyl (C=O) groups excluding carboxylic acids is 1. The number of hydrazine groups is 1. The zero-order chi connectivity index (χ0) is 12.3. The first-order chi connectivity index (χ1) is 8.22. The minimum absolute atomic E-state index is 0.00942. The van der Waals surface area contributed by atoms with Crippen molar-refractivity contribution in [3.8, 4) is 0 Å². The Balaban J connectivity index is 2.26. The van der Waals surface area contributed by atoms with Crippen LogP contribution in [-0.2, 0) is 11.2 Å². The summed E-state index contributed by atoms with van der Waals surface area (Å²) in [6, 6.07) is 1.75. The lowest BCUT2D eigenvalue weighted by atomic mass is 10.3. The molecule has 0 aromatic carbocycles. The molecule has 1 aromatic heterocycles. The van der Waals surface area contributed by atoms with Crippen LogP contribution in [0.4, 0.5) is 11.6 Å². The van der Waals surface area contributed by atoms with E-state index in [1.165, 1.54) is 0 Å². The summed E-state index contributed by atoms with van der Waals surface area (Å²) >= 11 is 0. The first-order valence-electron chi connectivity index (χ1n) is 5.59. The van der Waals surface area contributed by atoms with Gasteiger partial charge in [0.15, 0.2) is 0 Å². The number of nitrogens with one attached hydrogen (secondary N) is 2. The molecule has 2 heterocycles. The van der Waals surface area contributed by atoms with Gasteiger partial charge < -0.3 is 15.6 Å². The standard InChI is InChI=1S/C10H16N6O/c1-2-7-13-8(15-11)5-9(14-7)16-4-3-12-10(17)6-16/h5H,2-4,6,11H2,1H3,(H,12,17)(H,13,14,15). The molecule has 1 aromatic rings.